The highest BCUT2D eigenvalue weighted by Gasteiger charge is 2.36. The Balaban J connectivity index is 1.87. The maximum Gasteiger partial charge on any atom is 0.419 e. The third-order valence-corrected chi connectivity index (χ3v) is 5.83. The summed E-state index contributed by atoms with van der Waals surface area (Å²) in [6.45, 7) is 2.09. The summed E-state index contributed by atoms with van der Waals surface area (Å²) in [5, 5.41) is 2.34. The van der Waals surface area contributed by atoms with E-state index in [-0.39, 0.29) is 11.8 Å². The number of hydrogen-bond donors (Lipinski definition) is 0. The van der Waals surface area contributed by atoms with Gasteiger partial charge in [0.05, 0.1) is 5.56 Å². The first-order valence-corrected chi connectivity index (χ1v) is 9.27. The SMILES string of the molecule is CC[C@@H]1CCc2c(ccc3ccccc23)[C@H]1c1ccc(C(F)(F)F)c(F)c1. The van der Waals surface area contributed by atoms with Gasteiger partial charge in [-0.1, -0.05) is 55.8 Å². The number of aryl methyl sites for hydroxylation is 1. The molecule has 0 saturated carbocycles. The first-order valence-electron chi connectivity index (χ1n) is 9.27. The number of hydrogen-bond acceptors (Lipinski definition) is 0. The molecule has 0 N–H and O–H groups in total. The van der Waals surface area contributed by atoms with Crippen LogP contribution in [0.25, 0.3) is 10.8 Å². The second-order valence-corrected chi connectivity index (χ2v) is 7.28. The van der Waals surface area contributed by atoms with Crippen LogP contribution in [0.5, 0.6) is 0 Å². The predicted molar refractivity (Wildman–Crippen MR) is 99.3 cm³/mol. The molecular formula is C23H20F4. The molecule has 0 nitrogen and oxygen atoms in total. The third kappa shape index (κ3) is 3.11. The molecule has 0 heterocycles. The lowest BCUT2D eigenvalue weighted by Gasteiger charge is -2.34. The maximum atomic E-state index is 14.2. The Hall–Kier alpha value is -2.36. The van der Waals surface area contributed by atoms with Crippen molar-refractivity contribution >= 4 is 10.8 Å². The fraction of sp³-hybridized carbons (Fsp3) is 0.304. The van der Waals surface area contributed by atoms with Crippen LogP contribution in [0.1, 0.15) is 47.9 Å². The van der Waals surface area contributed by atoms with Gasteiger partial charge in [-0.2, -0.15) is 13.2 Å². The van der Waals surface area contributed by atoms with Gasteiger partial charge in [0.2, 0.25) is 0 Å². The molecule has 1 aliphatic rings. The standard InChI is InChI=1S/C23H20F4/c1-2-14-7-10-18-17-6-4-3-5-15(17)8-11-19(18)22(14)16-9-12-20(21(24)13-16)23(25,26)27/h3-6,8-9,11-14,22H,2,7,10H2,1H3/t14-,22-/m1/s1. The molecule has 0 aromatic heterocycles. The van der Waals surface area contributed by atoms with Gasteiger partial charge < -0.3 is 0 Å². The first-order chi connectivity index (χ1) is 12.9. The van der Waals surface area contributed by atoms with Gasteiger partial charge in [0, 0.05) is 5.92 Å². The van der Waals surface area contributed by atoms with Gasteiger partial charge in [-0.05, 0) is 58.4 Å². The van der Waals surface area contributed by atoms with E-state index in [2.05, 4.69) is 31.2 Å². The lowest BCUT2D eigenvalue weighted by atomic mass is 9.70. The van der Waals surface area contributed by atoms with Crippen LogP contribution in [-0.4, -0.2) is 0 Å². The van der Waals surface area contributed by atoms with Crippen molar-refractivity contribution in [2.45, 2.75) is 38.3 Å². The van der Waals surface area contributed by atoms with Crippen molar-refractivity contribution in [1.82, 2.24) is 0 Å². The summed E-state index contributed by atoms with van der Waals surface area (Å²) in [6, 6.07) is 15.7. The minimum atomic E-state index is -4.67. The first kappa shape index (κ1) is 18.0. The molecule has 27 heavy (non-hydrogen) atoms. The van der Waals surface area contributed by atoms with E-state index >= 15 is 0 Å². The molecular weight excluding hydrogens is 352 g/mol. The molecule has 140 valence electrons. The van der Waals surface area contributed by atoms with E-state index in [9.17, 15) is 17.6 Å². The van der Waals surface area contributed by atoms with Gasteiger partial charge in [0.25, 0.3) is 0 Å². The Kier molecular flexibility index (Phi) is 4.45. The predicted octanol–water partition coefficient (Wildman–Crippen LogP) is 7.10. The fourth-order valence-corrected chi connectivity index (χ4v) is 4.52. The van der Waals surface area contributed by atoms with Crippen molar-refractivity contribution in [2.24, 2.45) is 5.92 Å². The molecule has 4 heteroatoms. The van der Waals surface area contributed by atoms with E-state index in [0.717, 1.165) is 42.3 Å². The van der Waals surface area contributed by atoms with E-state index < -0.39 is 17.6 Å². The minimum Gasteiger partial charge on any atom is -0.206 e. The Morgan fingerprint density at radius 3 is 2.48 bits per heavy atom. The van der Waals surface area contributed by atoms with Crippen molar-refractivity contribution < 1.29 is 17.6 Å². The summed E-state index contributed by atoms with van der Waals surface area (Å²) in [6.07, 6.45) is -1.88. The van der Waals surface area contributed by atoms with E-state index in [1.807, 2.05) is 12.1 Å². The Labute approximate surface area is 155 Å². The number of fused-ring (bicyclic) bond motifs is 3. The van der Waals surface area contributed by atoms with Crippen LogP contribution in [0.4, 0.5) is 17.6 Å². The quantitative estimate of drug-likeness (QED) is 0.421. The molecule has 3 aromatic rings. The summed E-state index contributed by atoms with van der Waals surface area (Å²) < 4.78 is 53.1. The van der Waals surface area contributed by atoms with Crippen molar-refractivity contribution in [3.8, 4) is 0 Å². The van der Waals surface area contributed by atoms with Gasteiger partial charge in [0.15, 0.2) is 0 Å². The van der Waals surface area contributed by atoms with Crippen LogP contribution >= 0.6 is 0 Å². The van der Waals surface area contributed by atoms with E-state index in [0.29, 0.717) is 5.56 Å². The molecule has 0 unspecified atom stereocenters. The molecule has 3 aromatic carbocycles. The minimum absolute atomic E-state index is 0.0832. The number of benzene rings is 3. The average Bonchev–Trinajstić information content (AvgIpc) is 2.65. The van der Waals surface area contributed by atoms with Crippen LogP contribution in [0.3, 0.4) is 0 Å². The van der Waals surface area contributed by atoms with Gasteiger partial charge in [-0.3, -0.25) is 0 Å². The molecule has 0 amide bonds. The Morgan fingerprint density at radius 1 is 1.00 bits per heavy atom. The van der Waals surface area contributed by atoms with Crippen molar-refractivity contribution in [1.29, 1.82) is 0 Å². The number of rotatable bonds is 2. The molecule has 0 aliphatic heterocycles. The summed E-state index contributed by atoms with van der Waals surface area (Å²) in [4.78, 5) is 0. The molecule has 0 spiro atoms. The van der Waals surface area contributed by atoms with E-state index in [1.165, 1.54) is 17.0 Å². The summed E-state index contributed by atoms with van der Waals surface area (Å²) >= 11 is 0. The number of alkyl halides is 3. The smallest absolute Gasteiger partial charge is 0.206 e. The Morgan fingerprint density at radius 2 is 1.78 bits per heavy atom. The Bertz CT molecular complexity index is 987. The topological polar surface area (TPSA) is 0 Å². The second kappa shape index (κ2) is 6.66. The van der Waals surface area contributed by atoms with Crippen molar-refractivity contribution in [3.63, 3.8) is 0 Å². The van der Waals surface area contributed by atoms with Crippen LogP contribution < -0.4 is 0 Å². The van der Waals surface area contributed by atoms with Crippen LogP contribution in [0.15, 0.2) is 54.6 Å². The highest BCUT2D eigenvalue weighted by atomic mass is 19.4. The van der Waals surface area contributed by atoms with Gasteiger partial charge in [-0.15, -0.1) is 0 Å². The lowest BCUT2D eigenvalue weighted by molar-refractivity contribution is -0.140. The highest BCUT2D eigenvalue weighted by Crippen LogP contribution is 2.45. The molecule has 2 atom stereocenters. The average molecular weight is 372 g/mol. The zero-order chi connectivity index (χ0) is 19.2. The summed E-state index contributed by atoms with van der Waals surface area (Å²) in [7, 11) is 0. The molecule has 4 rings (SSSR count). The van der Waals surface area contributed by atoms with Crippen LogP contribution in [-0.2, 0) is 12.6 Å². The largest absolute Gasteiger partial charge is 0.419 e. The van der Waals surface area contributed by atoms with Crippen LogP contribution in [0, 0.1) is 11.7 Å². The monoisotopic (exact) mass is 372 g/mol. The zero-order valence-electron chi connectivity index (χ0n) is 15.0. The van der Waals surface area contributed by atoms with Crippen molar-refractivity contribution in [2.75, 3.05) is 0 Å². The third-order valence-electron chi connectivity index (χ3n) is 5.83. The van der Waals surface area contributed by atoms with Crippen molar-refractivity contribution in [3.05, 3.63) is 82.7 Å². The summed E-state index contributed by atoms with van der Waals surface area (Å²) in [5.74, 6) is -0.988. The van der Waals surface area contributed by atoms with E-state index in [1.54, 1.807) is 0 Å². The number of halogens is 4. The zero-order valence-corrected chi connectivity index (χ0v) is 15.0. The lowest BCUT2D eigenvalue weighted by Crippen LogP contribution is -2.22. The summed E-state index contributed by atoms with van der Waals surface area (Å²) in [5.41, 5.74) is 1.78. The van der Waals surface area contributed by atoms with Gasteiger partial charge in [0.1, 0.15) is 5.82 Å². The molecule has 0 fully saturated rings. The van der Waals surface area contributed by atoms with E-state index in [4.69, 9.17) is 0 Å². The van der Waals surface area contributed by atoms with Gasteiger partial charge >= 0.3 is 6.18 Å². The molecule has 1 aliphatic carbocycles. The normalized spacial score (nSPS) is 19.9. The molecule has 0 saturated heterocycles. The highest BCUT2D eigenvalue weighted by molar-refractivity contribution is 5.87. The second-order valence-electron chi connectivity index (χ2n) is 7.28. The maximum absolute atomic E-state index is 14.2. The fourth-order valence-electron chi connectivity index (χ4n) is 4.52. The van der Waals surface area contributed by atoms with Crippen LogP contribution in [0.2, 0.25) is 0 Å². The molecule has 0 bridgehead atoms. The molecule has 0 radical (unpaired) electrons. The van der Waals surface area contributed by atoms with Gasteiger partial charge in [-0.25, -0.2) is 4.39 Å².